The summed E-state index contributed by atoms with van der Waals surface area (Å²) in [7, 11) is 0. The van der Waals surface area contributed by atoms with E-state index in [-0.39, 0.29) is 0 Å². The molecule has 0 aromatic heterocycles. The summed E-state index contributed by atoms with van der Waals surface area (Å²) < 4.78 is 4.49. The molecule has 0 saturated carbocycles. The van der Waals surface area contributed by atoms with Crippen LogP contribution in [0.1, 0.15) is 25.3 Å². The maximum absolute atomic E-state index is 11.3. The molecule has 0 bridgehead atoms. The molecule has 1 atom stereocenters. The van der Waals surface area contributed by atoms with E-state index >= 15 is 0 Å². The lowest BCUT2D eigenvalue weighted by molar-refractivity contribution is -0.158. The SMILES string of the molecule is CC(=O)OC(=O)[C@@H](C)c1ccccc1. The molecule has 3 heteroatoms. The number of benzene rings is 1. The van der Waals surface area contributed by atoms with E-state index in [0.717, 1.165) is 5.56 Å². The van der Waals surface area contributed by atoms with Gasteiger partial charge < -0.3 is 4.74 Å². The largest absolute Gasteiger partial charge is 0.393 e. The predicted molar refractivity (Wildman–Crippen MR) is 51.6 cm³/mol. The Morgan fingerprint density at radius 3 is 2.29 bits per heavy atom. The maximum atomic E-state index is 11.3. The summed E-state index contributed by atoms with van der Waals surface area (Å²) in [6, 6.07) is 9.20. The highest BCUT2D eigenvalue weighted by Crippen LogP contribution is 2.15. The van der Waals surface area contributed by atoms with Crippen molar-refractivity contribution in [3.8, 4) is 0 Å². The van der Waals surface area contributed by atoms with Crippen LogP contribution in [0, 0.1) is 0 Å². The van der Waals surface area contributed by atoms with Crippen LogP contribution in [0.3, 0.4) is 0 Å². The summed E-state index contributed by atoms with van der Waals surface area (Å²) in [6.45, 7) is 2.93. The highest BCUT2D eigenvalue weighted by atomic mass is 16.6. The van der Waals surface area contributed by atoms with Crippen molar-refractivity contribution in [2.24, 2.45) is 0 Å². The van der Waals surface area contributed by atoms with Crippen molar-refractivity contribution in [3.05, 3.63) is 35.9 Å². The Morgan fingerprint density at radius 1 is 1.21 bits per heavy atom. The molecular formula is C11H12O3. The first kappa shape index (κ1) is 10.4. The third-order valence-corrected chi connectivity index (χ3v) is 1.90. The Labute approximate surface area is 82.7 Å². The van der Waals surface area contributed by atoms with Crippen LogP contribution in [0.25, 0.3) is 0 Å². The van der Waals surface area contributed by atoms with Crippen LogP contribution in [-0.2, 0) is 14.3 Å². The molecule has 1 aromatic rings. The van der Waals surface area contributed by atoms with Crippen molar-refractivity contribution in [2.75, 3.05) is 0 Å². The number of hydrogen-bond acceptors (Lipinski definition) is 3. The van der Waals surface area contributed by atoms with E-state index in [2.05, 4.69) is 4.74 Å². The Hall–Kier alpha value is -1.64. The molecule has 1 rings (SSSR count). The summed E-state index contributed by atoms with van der Waals surface area (Å²) in [5, 5.41) is 0. The minimum Gasteiger partial charge on any atom is -0.393 e. The molecule has 0 aliphatic heterocycles. The molecule has 0 fully saturated rings. The average Bonchev–Trinajstić information content (AvgIpc) is 2.17. The Kier molecular flexibility index (Phi) is 3.40. The highest BCUT2D eigenvalue weighted by molar-refractivity contribution is 5.88. The minimum atomic E-state index is -0.571. The van der Waals surface area contributed by atoms with Crippen LogP contribution in [0.15, 0.2) is 30.3 Å². The van der Waals surface area contributed by atoms with Crippen molar-refractivity contribution >= 4 is 11.9 Å². The molecule has 0 saturated heterocycles. The standard InChI is InChI=1S/C11H12O3/c1-8(11(13)14-9(2)12)10-6-4-3-5-7-10/h3-8H,1-2H3/t8-/m0/s1. The van der Waals surface area contributed by atoms with Gasteiger partial charge in [-0.3, -0.25) is 9.59 Å². The lowest BCUT2D eigenvalue weighted by atomic mass is 10.0. The normalized spacial score (nSPS) is 11.9. The summed E-state index contributed by atoms with van der Waals surface area (Å²) in [5.41, 5.74) is 0.846. The van der Waals surface area contributed by atoms with Gasteiger partial charge >= 0.3 is 11.9 Å². The van der Waals surface area contributed by atoms with Gasteiger partial charge in [-0.05, 0) is 12.5 Å². The second kappa shape index (κ2) is 4.56. The van der Waals surface area contributed by atoms with Gasteiger partial charge in [-0.2, -0.15) is 0 Å². The number of esters is 2. The monoisotopic (exact) mass is 192 g/mol. The van der Waals surface area contributed by atoms with Crippen LogP contribution < -0.4 is 0 Å². The third kappa shape index (κ3) is 2.69. The Morgan fingerprint density at radius 2 is 1.79 bits per heavy atom. The summed E-state index contributed by atoms with van der Waals surface area (Å²) in [4.78, 5) is 21.9. The van der Waals surface area contributed by atoms with Gasteiger partial charge in [-0.25, -0.2) is 0 Å². The van der Waals surface area contributed by atoms with Gasteiger partial charge in [0.2, 0.25) is 0 Å². The summed E-state index contributed by atoms with van der Waals surface area (Å²) >= 11 is 0. The van der Waals surface area contributed by atoms with Gasteiger partial charge in [0.1, 0.15) is 0 Å². The first-order chi connectivity index (χ1) is 6.61. The van der Waals surface area contributed by atoms with Gasteiger partial charge in [-0.1, -0.05) is 30.3 Å². The van der Waals surface area contributed by atoms with Crippen LogP contribution in [-0.4, -0.2) is 11.9 Å². The molecule has 0 N–H and O–H groups in total. The van der Waals surface area contributed by atoms with Gasteiger partial charge in [-0.15, -0.1) is 0 Å². The van der Waals surface area contributed by atoms with E-state index in [1.807, 2.05) is 30.3 Å². The summed E-state index contributed by atoms with van der Waals surface area (Å²) in [5.74, 6) is -1.48. The van der Waals surface area contributed by atoms with Crippen molar-refractivity contribution in [2.45, 2.75) is 19.8 Å². The zero-order chi connectivity index (χ0) is 10.6. The molecule has 1 aromatic carbocycles. The molecule has 0 unspecified atom stereocenters. The van der Waals surface area contributed by atoms with E-state index in [0.29, 0.717) is 0 Å². The fraction of sp³-hybridized carbons (Fsp3) is 0.273. The maximum Gasteiger partial charge on any atom is 0.320 e. The average molecular weight is 192 g/mol. The zero-order valence-electron chi connectivity index (χ0n) is 8.19. The van der Waals surface area contributed by atoms with Crippen LogP contribution in [0.4, 0.5) is 0 Å². The van der Waals surface area contributed by atoms with Crippen molar-refractivity contribution in [1.29, 1.82) is 0 Å². The van der Waals surface area contributed by atoms with E-state index in [9.17, 15) is 9.59 Å². The smallest absolute Gasteiger partial charge is 0.320 e. The van der Waals surface area contributed by atoms with Gasteiger partial charge in [0.25, 0.3) is 0 Å². The molecule has 0 radical (unpaired) electrons. The number of rotatable bonds is 2. The molecule has 0 aliphatic carbocycles. The second-order valence-corrected chi connectivity index (χ2v) is 3.05. The zero-order valence-corrected chi connectivity index (χ0v) is 8.19. The first-order valence-corrected chi connectivity index (χ1v) is 4.38. The van der Waals surface area contributed by atoms with E-state index < -0.39 is 17.9 Å². The van der Waals surface area contributed by atoms with Crippen molar-refractivity contribution in [1.82, 2.24) is 0 Å². The molecule has 3 nitrogen and oxygen atoms in total. The fourth-order valence-corrected chi connectivity index (χ4v) is 1.11. The van der Waals surface area contributed by atoms with E-state index in [1.165, 1.54) is 6.92 Å². The van der Waals surface area contributed by atoms with E-state index in [1.54, 1.807) is 6.92 Å². The predicted octanol–water partition coefficient (Wildman–Crippen LogP) is 1.88. The van der Waals surface area contributed by atoms with Crippen LogP contribution >= 0.6 is 0 Å². The quantitative estimate of drug-likeness (QED) is 0.530. The number of carbonyl (C=O) groups is 2. The molecule has 0 amide bonds. The lowest BCUT2D eigenvalue weighted by Gasteiger charge is -2.08. The Bertz CT molecular complexity index is 330. The van der Waals surface area contributed by atoms with Crippen LogP contribution in [0.5, 0.6) is 0 Å². The topological polar surface area (TPSA) is 43.4 Å². The molecule has 14 heavy (non-hydrogen) atoms. The lowest BCUT2D eigenvalue weighted by Crippen LogP contribution is -2.15. The summed E-state index contributed by atoms with van der Waals surface area (Å²) in [6.07, 6.45) is 0. The second-order valence-electron chi connectivity index (χ2n) is 3.05. The molecule has 0 aliphatic rings. The Balaban J connectivity index is 2.71. The third-order valence-electron chi connectivity index (χ3n) is 1.90. The highest BCUT2D eigenvalue weighted by Gasteiger charge is 2.17. The minimum absolute atomic E-state index is 0.403. The fourth-order valence-electron chi connectivity index (χ4n) is 1.11. The van der Waals surface area contributed by atoms with Gasteiger partial charge in [0.15, 0.2) is 0 Å². The molecular weight excluding hydrogens is 180 g/mol. The number of ether oxygens (including phenoxy) is 1. The van der Waals surface area contributed by atoms with E-state index in [4.69, 9.17) is 0 Å². The van der Waals surface area contributed by atoms with Crippen LogP contribution in [0.2, 0.25) is 0 Å². The number of carbonyl (C=O) groups excluding carboxylic acids is 2. The van der Waals surface area contributed by atoms with Gasteiger partial charge in [0.05, 0.1) is 5.92 Å². The van der Waals surface area contributed by atoms with Crippen molar-refractivity contribution in [3.63, 3.8) is 0 Å². The molecule has 0 heterocycles. The number of hydrogen-bond donors (Lipinski definition) is 0. The van der Waals surface area contributed by atoms with Gasteiger partial charge in [0, 0.05) is 6.92 Å². The van der Waals surface area contributed by atoms with Crippen molar-refractivity contribution < 1.29 is 14.3 Å². The molecule has 74 valence electrons. The first-order valence-electron chi connectivity index (χ1n) is 4.38. The molecule has 0 spiro atoms.